The Morgan fingerprint density at radius 2 is 1.94 bits per heavy atom. The average molecular weight is 224 g/mol. The first kappa shape index (κ1) is 12.5. The van der Waals surface area contributed by atoms with Gasteiger partial charge in [0.25, 0.3) is 0 Å². The maximum Gasteiger partial charge on any atom is 0.309 e. The van der Waals surface area contributed by atoms with Crippen molar-refractivity contribution in [2.75, 3.05) is 6.61 Å². The maximum atomic E-state index is 11.3. The van der Waals surface area contributed by atoms with Crippen LogP contribution in [0.15, 0.2) is 24.3 Å². The normalized spacial score (nSPS) is 14.2. The fraction of sp³-hybridized carbons (Fsp3) is 0.417. The van der Waals surface area contributed by atoms with Crippen molar-refractivity contribution >= 4 is 5.97 Å². The zero-order chi connectivity index (χ0) is 12.2. The molecule has 88 valence electrons. The van der Waals surface area contributed by atoms with E-state index in [0.29, 0.717) is 12.2 Å². The van der Waals surface area contributed by atoms with Crippen LogP contribution in [0, 0.1) is 0 Å². The van der Waals surface area contributed by atoms with Gasteiger partial charge in [0.15, 0.2) is 0 Å². The second-order valence-electron chi connectivity index (χ2n) is 3.80. The van der Waals surface area contributed by atoms with Gasteiger partial charge in [0.2, 0.25) is 0 Å². The highest BCUT2D eigenvalue weighted by atomic mass is 16.5. The van der Waals surface area contributed by atoms with Gasteiger partial charge < -0.3 is 14.9 Å². The van der Waals surface area contributed by atoms with E-state index >= 15 is 0 Å². The largest absolute Gasteiger partial charge is 0.508 e. The van der Waals surface area contributed by atoms with Crippen LogP contribution in [0.5, 0.6) is 5.75 Å². The lowest BCUT2D eigenvalue weighted by Gasteiger charge is -2.22. The van der Waals surface area contributed by atoms with E-state index in [-0.39, 0.29) is 12.2 Å². The third kappa shape index (κ3) is 3.24. The summed E-state index contributed by atoms with van der Waals surface area (Å²) in [6, 6.07) is 6.09. The topological polar surface area (TPSA) is 66.8 Å². The fourth-order valence-corrected chi connectivity index (χ4v) is 1.42. The Labute approximate surface area is 94.5 Å². The third-order valence-electron chi connectivity index (χ3n) is 2.28. The van der Waals surface area contributed by atoms with E-state index in [9.17, 15) is 9.90 Å². The first-order chi connectivity index (χ1) is 7.45. The molecule has 2 N–H and O–H groups in total. The van der Waals surface area contributed by atoms with E-state index in [2.05, 4.69) is 0 Å². The van der Waals surface area contributed by atoms with Gasteiger partial charge in [-0.25, -0.2) is 0 Å². The predicted octanol–water partition coefficient (Wildman–Crippen LogP) is 1.55. The predicted molar refractivity (Wildman–Crippen MR) is 58.9 cm³/mol. The van der Waals surface area contributed by atoms with Crippen molar-refractivity contribution in [3.63, 3.8) is 0 Å². The summed E-state index contributed by atoms with van der Waals surface area (Å²) in [5.74, 6) is -0.323. The van der Waals surface area contributed by atoms with Crippen molar-refractivity contribution in [3.05, 3.63) is 29.8 Å². The van der Waals surface area contributed by atoms with Crippen LogP contribution in [0.4, 0.5) is 0 Å². The number of carbonyl (C=O) groups is 1. The summed E-state index contributed by atoms with van der Waals surface area (Å²) >= 11 is 0. The molecule has 0 spiro atoms. The molecule has 0 aliphatic carbocycles. The SMILES string of the molecule is CCOC(=O)C[C@](C)(O)c1ccc(O)cc1. The lowest BCUT2D eigenvalue weighted by molar-refractivity contribution is -0.148. The van der Waals surface area contributed by atoms with Crippen LogP contribution in [0.3, 0.4) is 0 Å². The summed E-state index contributed by atoms with van der Waals surface area (Å²) < 4.78 is 4.77. The molecule has 0 fully saturated rings. The van der Waals surface area contributed by atoms with E-state index < -0.39 is 11.6 Å². The zero-order valence-corrected chi connectivity index (χ0v) is 9.43. The van der Waals surface area contributed by atoms with Crippen LogP contribution in [0.1, 0.15) is 25.8 Å². The van der Waals surface area contributed by atoms with Crippen molar-refractivity contribution < 1.29 is 19.7 Å². The van der Waals surface area contributed by atoms with Crippen molar-refractivity contribution in [1.29, 1.82) is 0 Å². The van der Waals surface area contributed by atoms with Crippen LogP contribution in [0.25, 0.3) is 0 Å². The summed E-state index contributed by atoms with van der Waals surface area (Å²) in [5, 5.41) is 19.2. The second kappa shape index (κ2) is 4.99. The summed E-state index contributed by atoms with van der Waals surface area (Å²) in [6.07, 6.45) is -0.106. The molecule has 16 heavy (non-hydrogen) atoms. The standard InChI is InChI=1S/C12H16O4/c1-3-16-11(14)8-12(2,15)9-4-6-10(13)7-5-9/h4-7,13,15H,3,8H2,1-2H3/t12-/m0/s1. The van der Waals surface area contributed by atoms with Gasteiger partial charge in [-0.15, -0.1) is 0 Å². The number of esters is 1. The minimum atomic E-state index is -1.28. The van der Waals surface area contributed by atoms with E-state index in [0.717, 1.165) is 0 Å². The Bertz CT molecular complexity index is 354. The van der Waals surface area contributed by atoms with Gasteiger partial charge in [0, 0.05) is 0 Å². The van der Waals surface area contributed by atoms with Crippen molar-refractivity contribution in [2.24, 2.45) is 0 Å². The molecule has 0 aromatic heterocycles. The van der Waals surface area contributed by atoms with E-state index in [1.807, 2.05) is 0 Å². The number of phenolic OH excluding ortho intramolecular Hbond substituents is 1. The summed E-state index contributed by atoms with van der Waals surface area (Å²) in [7, 11) is 0. The smallest absolute Gasteiger partial charge is 0.309 e. The number of hydrogen-bond acceptors (Lipinski definition) is 4. The number of aliphatic hydroxyl groups is 1. The summed E-state index contributed by atoms with van der Waals surface area (Å²) in [4.78, 5) is 11.3. The minimum absolute atomic E-state index is 0.106. The van der Waals surface area contributed by atoms with Gasteiger partial charge in [0.1, 0.15) is 5.75 Å². The molecular formula is C12H16O4. The average Bonchev–Trinajstić information content (AvgIpc) is 2.17. The summed E-state index contributed by atoms with van der Waals surface area (Å²) in [6.45, 7) is 3.55. The number of phenols is 1. The van der Waals surface area contributed by atoms with Gasteiger partial charge >= 0.3 is 5.97 Å². The quantitative estimate of drug-likeness (QED) is 0.761. The number of ether oxygens (including phenoxy) is 1. The number of aromatic hydroxyl groups is 1. The van der Waals surface area contributed by atoms with Gasteiger partial charge in [-0.05, 0) is 31.5 Å². The van der Waals surface area contributed by atoms with E-state index in [1.54, 1.807) is 19.1 Å². The molecule has 0 heterocycles. The molecule has 4 nitrogen and oxygen atoms in total. The molecular weight excluding hydrogens is 208 g/mol. The molecule has 1 rings (SSSR count). The number of hydrogen-bond donors (Lipinski definition) is 2. The van der Waals surface area contributed by atoms with Crippen LogP contribution >= 0.6 is 0 Å². The van der Waals surface area contributed by atoms with E-state index in [4.69, 9.17) is 9.84 Å². The number of carbonyl (C=O) groups excluding carboxylic acids is 1. The molecule has 0 saturated carbocycles. The molecule has 1 atom stereocenters. The molecule has 0 aliphatic heterocycles. The molecule has 0 amide bonds. The maximum absolute atomic E-state index is 11.3. The fourth-order valence-electron chi connectivity index (χ4n) is 1.42. The van der Waals surface area contributed by atoms with Gasteiger partial charge in [-0.3, -0.25) is 4.79 Å². The molecule has 0 aliphatic rings. The molecule has 0 saturated heterocycles. The molecule has 0 radical (unpaired) electrons. The highest BCUT2D eigenvalue weighted by Crippen LogP contribution is 2.26. The summed E-state index contributed by atoms with van der Waals surface area (Å²) in [5.41, 5.74) is -0.710. The Morgan fingerprint density at radius 1 is 1.38 bits per heavy atom. The second-order valence-corrected chi connectivity index (χ2v) is 3.80. The Hall–Kier alpha value is -1.55. The zero-order valence-electron chi connectivity index (χ0n) is 9.43. The third-order valence-corrected chi connectivity index (χ3v) is 2.28. The first-order valence-electron chi connectivity index (χ1n) is 5.13. The van der Waals surface area contributed by atoms with Crippen LogP contribution < -0.4 is 0 Å². The van der Waals surface area contributed by atoms with E-state index in [1.165, 1.54) is 19.1 Å². The molecule has 0 bridgehead atoms. The molecule has 1 aromatic carbocycles. The lowest BCUT2D eigenvalue weighted by atomic mass is 9.92. The van der Waals surface area contributed by atoms with Gasteiger partial charge in [-0.2, -0.15) is 0 Å². The highest BCUT2D eigenvalue weighted by Gasteiger charge is 2.27. The Kier molecular flexibility index (Phi) is 3.90. The van der Waals surface area contributed by atoms with Crippen molar-refractivity contribution in [1.82, 2.24) is 0 Å². The van der Waals surface area contributed by atoms with Gasteiger partial charge in [-0.1, -0.05) is 12.1 Å². The first-order valence-corrected chi connectivity index (χ1v) is 5.13. The number of rotatable bonds is 4. The lowest BCUT2D eigenvalue weighted by Crippen LogP contribution is -2.26. The Morgan fingerprint density at radius 3 is 2.44 bits per heavy atom. The minimum Gasteiger partial charge on any atom is -0.508 e. The monoisotopic (exact) mass is 224 g/mol. The molecule has 1 aromatic rings. The number of benzene rings is 1. The van der Waals surface area contributed by atoms with Crippen LogP contribution in [0.2, 0.25) is 0 Å². The van der Waals surface area contributed by atoms with Crippen molar-refractivity contribution in [3.8, 4) is 5.75 Å². The molecule has 0 unspecified atom stereocenters. The van der Waals surface area contributed by atoms with Crippen LogP contribution in [-0.2, 0) is 15.1 Å². The highest BCUT2D eigenvalue weighted by molar-refractivity contribution is 5.71. The Balaban J connectivity index is 2.76. The van der Waals surface area contributed by atoms with Gasteiger partial charge in [0.05, 0.1) is 18.6 Å². The molecule has 4 heteroatoms. The van der Waals surface area contributed by atoms with Crippen molar-refractivity contribution in [2.45, 2.75) is 25.9 Å². The van der Waals surface area contributed by atoms with Crippen LogP contribution in [-0.4, -0.2) is 22.8 Å².